The second kappa shape index (κ2) is 10.1. The van der Waals surface area contributed by atoms with Gasteiger partial charge in [-0.1, -0.05) is 26.0 Å². The molecule has 0 radical (unpaired) electrons. The summed E-state index contributed by atoms with van der Waals surface area (Å²) in [4.78, 5) is 38.1. The van der Waals surface area contributed by atoms with E-state index in [9.17, 15) is 14.4 Å². The summed E-state index contributed by atoms with van der Waals surface area (Å²) in [6.45, 7) is 7.86. The quantitative estimate of drug-likeness (QED) is 0.676. The van der Waals surface area contributed by atoms with Gasteiger partial charge in [0.15, 0.2) is 0 Å². The maximum Gasteiger partial charge on any atom is 0.253 e. The summed E-state index contributed by atoms with van der Waals surface area (Å²) in [5.41, 5.74) is 0.973. The minimum atomic E-state index is -0.191. The lowest BCUT2D eigenvalue weighted by Crippen LogP contribution is -2.49. The Labute approximate surface area is 160 Å². The van der Waals surface area contributed by atoms with Crippen LogP contribution < -0.4 is 16.0 Å². The molecule has 1 atom stereocenters. The average Bonchev–Trinajstić information content (AvgIpc) is 2.59. The Morgan fingerprint density at radius 3 is 2.67 bits per heavy atom. The molecule has 1 fully saturated rings. The number of benzene rings is 1. The molecule has 7 heteroatoms. The van der Waals surface area contributed by atoms with Crippen molar-refractivity contribution in [3.05, 3.63) is 29.8 Å². The first-order chi connectivity index (χ1) is 12.8. The van der Waals surface area contributed by atoms with E-state index in [0.29, 0.717) is 30.3 Å². The number of amides is 3. The van der Waals surface area contributed by atoms with Crippen LogP contribution in [0, 0.1) is 5.92 Å². The fraction of sp³-hybridized carbons (Fsp3) is 0.550. The van der Waals surface area contributed by atoms with Crippen molar-refractivity contribution in [3.63, 3.8) is 0 Å². The number of likely N-dealkylation sites (tertiary alicyclic amines) is 1. The van der Waals surface area contributed by atoms with E-state index in [1.165, 1.54) is 6.92 Å². The molecule has 148 valence electrons. The zero-order chi connectivity index (χ0) is 19.8. The van der Waals surface area contributed by atoms with Crippen LogP contribution in [0.2, 0.25) is 0 Å². The number of rotatable bonds is 7. The summed E-state index contributed by atoms with van der Waals surface area (Å²) >= 11 is 0. The lowest BCUT2D eigenvalue weighted by molar-refractivity contribution is -0.120. The monoisotopic (exact) mass is 374 g/mol. The van der Waals surface area contributed by atoms with Gasteiger partial charge >= 0.3 is 0 Å². The third kappa shape index (κ3) is 7.02. The summed E-state index contributed by atoms with van der Waals surface area (Å²) in [6.07, 6.45) is 1.86. The largest absolute Gasteiger partial charge is 0.352 e. The van der Waals surface area contributed by atoms with Crippen LogP contribution >= 0.6 is 0 Å². The predicted molar refractivity (Wildman–Crippen MR) is 106 cm³/mol. The Balaban J connectivity index is 1.93. The average molecular weight is 374 g/mol. The van der Waals surface area contributed by atoms with Crippen molar-refractivity contribution in [1.29, 1.82) is 0 Å². The van der Waals surface area contributed by atoms with Gasteiger partial charge in [0.1, 0.15) is 0 Å². The molecule has 1 aliphatic rings. The summed E-state index contributed by atoms with van der Waals surface area (Å²) in [6, 6.07) is 7.10. The Hall–Kier alpha value is -2.41. The first-order valence-electron chi connectivity index (χ1n) is 9.51. The van der Waals surface area contributed by atoms with Crippen molar-refractivity contribution in [2.75, 3.05) is 31.5 Å². The number of nitrogens with zero attached hydrogens (tertiary/aromatic N) is 1. The van der Waals surface area contributed by atoms with E-state index in [-0.39, 0.29) is 30.3 Å². The van der Waals surface area contributed by atoms with Crippen LogP contribution in [0.1, 0.15) is 44.0 Å². The molecule has 27 heavy (non-hydrogen) atoms. The van der Waals surface area contributed by atoms with Crippen LogP contribution in [0.25, 0.3) is 0 Å². The van der Waals surface area contributed by atoms with E-state index in [1.807, 2.05) is 18.7 Å². The molecule has 0 aliphatic carbocycles. The number of anilines is 1. The van der Waals surface area contributed by atoms with Crippen molar-refractivity contribution >= 4 is 23.4 Å². The first kappa shape index (κ1) is 20.9. The lowest BCUT2D eigenvalue weighted by Gasteiger charge is -2.32. The lowest BCUT2D eigenvalue weighted by atomic mass is 10.1. The van der Waals surface area contributed by atoms with E-state index in [1.54, 1.807) is 24.3 Å². The van der Waals surface area contributed by atoms with Crippen LogP contribution in [0.4, 0.5) is 5.69 Å². The molecule has 3 amide bonds. The molecular formula is C20H30N4O3. The Morgan fingerprint density at radius 2 is 1.96 bits per heavy atom. The molecule has 1 saturated heterocycles. The third-order valence-electron chi connectivity index (χ3n) is 4.40. The summed E-state index contributed by atoms with van der Waals surface area (Å²) in [7, 11) is 0. The fourth-order valence-corrected chi connectivity index (χ4v) is 3.18. The smallest absolute Gasteiger partial charge is 0.253 e. The number of piperidine rings is 1. The van der Waals surface area contributed by atoms with Crippen LogP contribution in [-0.2, 0) is 9.59 Å². The Morgan fingerprint density at radius 1 is 1.22 bits per heavy atom. The molecule has 2 rings (SSSR count). The van der Waals surface area contributed by atoms with Crippen molar-refractivity contribution in [2.24, 2.45) is 5.92 Å². The minimum Gasteiger partial charge on any atom is -0.352 e. The zero-order valence-electron chi connectivity index (χ0n) is 16.4. The highest BCUT2D eigenvalue weighted by molar-refractivity contribution is 6.04. The van der Waals surface area contributed by atoms with Gasteiger partial charge in [-0.3, -0.25) is 19.3 Å². The SMILES string of the molecule is CC(=O)NC1CCCN(CC(=O)Nc2ccccc2C(=O)NCC(C)C)C1. The van der Waals surface area contributed by atoms with E-state index < -0.39 is 0 Å². The van der Waals surface area contributed by atoms with Gasteiger partial charge in [-0.2, -0.15) is 0 Å². The third-order valence-corrected chi connectivity index (χ3v) is 4.40. The molecule has 3 N–H and O–H groups in total. The topological polar surface area (TPSA) is 90.5 Å². The Kier molecular flexibility index (Phi) is 7.79. The van der Waals surface area contributed by atoms with Gasteiger partial charge < -0.3 is 16.0 Å². The van der Waals surface area contributed by atoms with Crippen molar-refractivity contribution in [2.45, 2.75) is 39.7 Å². The highest BCUT2D eigenvalue weighted by atomic mass is 16.2. The molecule has 0 bridgehead atoms. The van der Waals surface area contributed by atoms with Gasteiger partial charge in [-0.25, -0.2) is 0 Å². The van der Waals surface area contributed by atoms with Crippen LogP contribution in [0.15, 0.2) is 24.3 Å². The second-order valence-electron chi connectivity index (χ2n) is 7.47. The number of para-hydroxylation sites is 1. The number of hydrogen-bond acceptors (Lipinski definition) is 4. The number of hydrogen-bond donors (Lipinski definition) is 3. The van der Waals surface area contributed by atoms with Gasteiger partial charge in [-0.15, -0.1) is 0 Å². The molecule has 7 nitrogen and oxygen atoms in total. The molecule has 1 aromatic carbocycles. The maximum absolute atomic E-state index is 12.5. The van der Waals surface area contributed by atoms with Gasteiger partial charge in [0.05, 0.1) is 17.8 Å². The van der Waals surface area contributed by atoms with Crippen molar-refractivity contribution in [3.8, 4) is 0 Å². The molecular weight excluding hydrogens is 344 g/mol. The molecule has 0 saturated carbocycles. The van der Waals surface area contributed by atoms with Crippen LogP contribution in [0.3, 0.4) is 0 Å². The molecule has 1 unspecified atom stereocenters. The summed E-state index contributed by atoms with van der Waals surface area (Å²) in [5.74, 6) is -0.0510. The first-order valence-corrected chi connectivity index (χ1v) is 9.51. The predicted octanol–water partition coefficient (Wildman–Crippen LogP) is 1.61. The van der Waals surface area contributed by atoms with Gasteiger partial charge in [0.25, 0.3) is 5.91 Å². The normalized spacial score (nSPS) is 17.4. The van der Waals surface area contributed by atoms with E-state index in [0.717, 1.165) is 19.4 Å². The van der Waals surface area contributed by atoms with E-state index >= 15 is 0 Å². The molecule has 1 aliphatic heterocycles. The van der Waals surface area contributed by atoms with Gasteiger partial charge in [0.2, 0.25) is 11.8 Å². The Bertz CT molecular complexity index is 675. The standard InChI is InChI=1S/C20H30N4O3/c1-14(2)11-21-20(27)17-8-4-5-9-18(17)23-19(26)13-24-10-6-7-16(12-24)22-15(3)25/h4-5,8-9,14,16H,6-7,10-13H2,1-3H3,(H,21,27)(H,22,25)(H,23,26). The molecule has 1 heterocycles. The number of carbonyl (C=O) groups excluding carboxylic acids is 3. The van der Waals surface area contributed by atoms with Gasteiger partial charge in [0, 0.05) is 26.1 Å². The number of nitrogens with one attached hydrogen (secondary N) is 3. The molecule has 0 spiro atoms. The fourth-order valence-electron chi connectivity index (χ4n) is 3.18. The van der Waals surface area contributed by atoms with E-state index in [2.05, 4.69) is 16.0 Å². The van der Waals surface area contributed by atoms with Gasteiger partial charge in [-0.05, 0) is 37.4 Å². The molecule has 1 aromatic rings. The highest BCUT2D eigenvalue weighted by Crippen LogP contribution is 2.16. The van der Waals surface area contributed by atoms with Crippen molar-refractivity contribution < 1.29 is 14.4 Å². The minimum absolute atomic E-state index is 0.0485. The maximum atomic E-state index is 12.5. The zero-order valence-corrected chi connectivity index (χ0v) is 16.4. The van der Waals surface area contributed by atoms with Crippen LogP contribution in [0.5, 0.6) is 0 Å². The highest BCUT2D eigenvalue weighted by Gasteiger charge is 2.22. The van der Waals surface area contributed by atoms with E-state index in [4.69, 9.17) is 0 Å². The van der Waals surface area contributed by atoms with Crippen molar-refractivity contribution in [1.82, 2.24) is 15.5 Å². The van der Waals surface area contributed by atoms with Crippen LogP contribution in [-0.4, -0.2) is 54.8 Å². The summed E-state index contributed by atoms with van der Waals surface area (Å²) < 4.78 is 0. The summed E-state index contributed by atoms with van der Waals surface area (Å²) in [5, 5.41) is 8.65. The molecule has 0 aromatic heterocycles. The number of carbonyl (C=O) groups is 3. The second-order valence-corrected chi connectivity index (χ2v) is 7.47.